The van der Waals surface area contributed by atoms with E-state index in [1.54, 1.807) is 0 Å². The van der Waals surface area contributed by atoms with Crippen molar-refractivity contribution in [1.82, 2.24) is 0 Å². The SMILES string of the molecule is CC/C=C\C/C=C\C/C=C\C/C=C\CCCCCC(=O)OCC(COC(=O)CCCCCCCCCCCCC)OC(=O)CCCCCCCCCCCCC. The molecule has 0 rings (SSSR count). The highest BCUT2D eigenvalue weighted by atomic mass is 16.6. The first kappa shape index (κ1) is 53.4. The van der Waals surface area contributed by atoms with E-state index < -0.39 is 6.10 Å². The van der Waals surface area contributed by atoms with Gasteiger partial charge in [0, 0.05) is 19.3 Å². The molecule has 1 atom stereocenters. The average molecular weight is 785 g/mol. The number of allylic oxidation sites excluding steroid dienone is 8. The van der Waals surface area contributed by atoms with Crippen LogP contribution in [0, 0.1) is 0 Å². The Balaban J connectivity index is 4.40. The summed E-state index contributed by atoms with van der Waals surface area (Å²) >= 11 is 0. The van der Waals surface area contributed by atoms with Crippen molar-refractivity contribution < 1.29 is 28.6 Å². The molecule has 0 bridgehead atoms. The van der Waals surface area contributed by atoms with Crippen molar-refractivity contribution in [2.24, 2.45) is 0 Å². The third-order valence-corrected chi connectivity index (χ3v) is 10.1. The molecule has 56 heavy (non-hydrogen) atoms. The molecule has 324 valence electrons. The van der Waals surface area contributed by atoms with Crippen LogP contribution >= 0.6 is 0 Å². The highest BCUT2D eigenvalue weighted by molar-refractivity contribution is 5.71. The number of hydrogen-bond donors (Lipinski definition) is 0. The van der Waals surface area contributed by atoms with Gasteiger partial charge in [-0.05, 0) is 57.8 Å². The minimum absolute atomic E-state index is 0.0803. The van der Waals surface area contributed by atoms with Crippen molar-refractivity contribution in [1.29, 1.82) is 0 Å². The maximum atomic E-state index is 12.7. The Kier molecular flexibility index (Phi) is 43.0. The van der Waals surface area contributed by atoms with E-state index in [2.05, 4.69) is 69.4 Å². The van der Waals surface area contributed by atoms with Gasteiger partial charge in [-0.1, -0.05) is 204 Å². The fraction of sp³-hybridized carbons (Fsp3) is 0.780. The summed E-state index contributed by atoms with van der Waals surface area (Å²) in [6.07, 6.45) is 52.3. The molecular weight excluding hydrogens is 697 g/mol. The van der Waals surface area contributed by atoms with Crippen molar-refractivity contribution in [2.75, 3.05) is 13.2 Å². The molecule has 0 aromatic rings. The highest BCUT2D eigenvalue weighted by Crippen LogP contribution is 2.15. The number of hydrogen-bond acceptors (Lipinski definition) is 6. The largest absolute Gasteiger partial charge is 0.462 e. The second-order valence-corrected chi connectivity index (χ2v) is 15.6. The first-order valence-electron chi connectivity index (χ1n) is 23.6. The molecule has 0 heterocycles. The van der Waals surface area contributed by atoms with Crippen LogP contribution in [0.15, 0.2) is 48.6 Å². The minimum Gasteiger partial charge on any atom is -0.462 e. The Morgan fingerprint density at radius 2 is 0.696 bits per heavy atom. The number of carbonyl (C=O) groups is 3. The van der Waals surface area contributed by atoms with Crippen LogP contribution in [-0.4, -0.2) is 37.2 Å². The monoisotopic (exact) mass is 785 g/mol. The fourth-order valence-electron chi connectivity index (χ4n) is 6.55. The first-order valence-corrected chi connectivity index (χ1v) is 23.6. The lowest BCUT2D eigenvalue weighted by atomic mass is 10.1. The van der Waals surface area contributed by atoms with Crippen LogP contribution < -0.4 is 0 Å². The van der Waals surface area contributed by atoms with Crippen LogP contribution in [0.25, 0.3) is 0 Å². The summed E-state index contributed by atoms with van der Waals surface area (Å²) in [7, 11) is 0. The maximum Gasteiger partial charge on any atom is 0.306 e. The zero-order chi connectivity index (χ0) is 40.8. The number of unbranched alkanes of at least 4 members (excludes halogenated alkanes) is 23. The van der Waals surface area contributed by atoms with E-state index in [9.17, 15) is 14.4 Å². The average Bonchev–Trinajstić information content (AvgIpc) is 3.19. The molecule has 0 amide bonds. The van der Waals surface area contributed by atoms with Gasteiger partial charge >= 0.3 is 17.9 Å². The van der Waals surface area contributed by atoms with Crippen LogP contribution in [0.3, 0.4) is 0 Å². The maximum absolute atomic E-state index is 12.7. The molecule has 0 aliphatic rings. The van der Waals surface area contributed by atoms with Gasteiger partial charge in [-0.2, -0.15) is 0 Å². The van der Waals surface area contributed by atoms with E-state index in [1.165, 1.54) is 103 Å². The lowest BCUT2D eigenvalue weighted by molar-refractivity contribution is -0.167. The second-order valence-electron chi connectivity index (χ2n) is 15.6. The third kappa shape index (κ3) is 42.5. The predicted molar refractivity (Wildman–Crippen MR) is 238 cm³/mol. The van der Waals surface area contributed by atoms with Gasteiger partial charge in [0.15, 0.2) is 6.10 Å². The standard InChI is InChI=1S/C50H88O6/c1-4-7-10-13-16-19-22-23-24-25-26-29-31-34-37-40-43-49(52)55-46-47(56-50(53)44-41-38-35-32-28-21-18-15-12-9-6-3)45-54-48(51)42-39-36-33-30-27-20-17-14-11-8-5-2/h7,10,16,19,23-24,26,29,47H,4-6,8-9,11-15,17-18,20-22,25,27-28,30-46H2,1-3H3/b10-7-,19-16-,24-23-,29-26-. The lowest BCUT2D eigenvalue weighted by Gasteiger charge is -2.18. The Morgan fingerprint density at radius 3 is 1.09 bits per heavy atom. The van der Waals surface area contributed by atoms with Crippen LogP contribution in [0.5, 0.6) is 0 Å². The Bertz CT molecular complexity index is 996. The molecular formula is C50H88O6. The van der Waals surface area contributed by atoms with Gasteiger partial charge < -0.3 is 14.2 Å². The summed E-state index contributed by atoms with van der Waals surface area (Å²) in [5.74, 6) is -0.911. The first-order chi connectivity index (χ1) is 27.5. The van der Waals surface area contributed by atoms with E-state index in [1.807, 2.05) is 0 Å². The quantitative estimate of drug-likeness (QED) is 0.0265. The van der Waals surface area contributed by atoms with Gasteiger partial charge in [-0.25, -0.2) is 0 Å². The molecule has 6 heteroatoms. The van der Waals surface area contributed by atoms with E-state index in [-0.39, 0.29) is 31.1 Å². The Hall–Kier alpha value is -2.63. The highest BCUT2D eigenvalue weighted by Gasteiger charge is 2.19. The summed E-state index contributed by atoms with van der Waals surface area (Å²) in [4.78, 5) is 37.7. The summed E-state index contributed by atoms with van der Waals surface area (Å²) in [5.41, 5.74) is 0. The number of esters is 3. The third-order valence-electron chi connectivity index (χ3n) is 10.1. The zero-order valence-electron chi connectivity index (χ0n) is 36.9. The molecule has 0 aromatic heterocycles. The second kappa shape index (κ2) is 45.1. The number of ether oxygens (including phenoxy) is 3. The van der Waals surface area contributed by atoms with E-state index in [0.29, 0.717) is 19.3 Å². The topological polar surface area (TPSA) is 78.9 Å². The molecule has 0 saturated heterocycles. The van der Waals surface area contributed by atoms with Gasteiger partial charge in [0.05, 0.1) is 0 Å². The van der Waals surface area contributed by atoms with Crippen LogP contribution in [0.1, 0.15) is 233 Å². The molecule has 1 unspecified atom stereocenters. The van der Waals surface area contributed by atoms with Crippen molar-refractivity contribution in [2.45, 2.75) is 239 Å². The van der Waals surface area contributed by atoms with Gasteiger partial charge in [0.2, 0.25) is 0 Å². The molecule has 0 aliphatic carbocycles. The van der Waals surface area contributed by atoms with Crippen LogP contribution in [-0.2, 0) is 28.6 Å². The molecule has 0 aliphatic heterocycles. The molecule has 0 radical (unpaired) electrons. The summed E-state index contributed by atoms with van der Waals surface area (Å²) in [5, 5.41) is 0. The van der Waals surface area contributed by atoms with Crippen LogP contribution in [0.2, 0.25) is 0 Å². The van der Waals surface area contributed by atoms with Gasteiger partial charge in [0.25, 0.3) is 0 Å². The summed E-state index contributed by atoms with van der Waals surface area (Å²) in [6.45, 7) is 6.48. The molecule has 0 fully saturated rings. The Morgan fingerprint density at radius 1 is 0.375 bits per heavy atom. The summed E-state index contributed by atoms with van der Waals surface area (Å²) < 4.78 is 16.7. The number of rotatable bonds is 42. The molecule has 6 nitrogen and oxygen atoms in total. The van der Waals surface area contributed by atoms with Crippen molar-refractivity contribution >= 4 is 17.9 Å². The normalized spacial score (nSPS) is 12.4. The molecule has 0 saturated carbocycles. The Labute approximate surface area is 346 Å². The van der Waals surface area contributed by atoms with Gasteiger partial charge in [-0.3, -0.25) is 14.4 Å². The smallest absolute Gasteiger partial charge is 0.306 e. The van der Waals surface area contributed by atoms with Crippen molar-refractivity contribution in [3.05, 3.63) is 48.6 Å². The van der Waals surface area contributed by atoms with E-state index >= 15 is 0 Å². The molecule has 0 aromatic carbocycles. The van der Waals surface area contributed by atoms with E-state index in [0.717, 1.165) is 89.9 Å². The summed E-state index contributed by atoms with van der Waals surface area (Å²) in [6, 6.07) is 0. The van der Waals surface area contributed by atoms with Crippen molar-refractivity contribution in [3.63, 3.8) is 0 Å². The predicted octanol–water partition coefficient (Wildman–Crippen LogP) is 15.1. The molecule has 0 N–H and O–H groups in total. The lowest BCUT2D eigenvalue weighted by Crippen LogP contribution is -2.30. The number of carbonyl (C=O) groups excluding carboxylic acids is 3. The molecule has 0 spiro atoms. The van der Waals surface area contributed by atoms with Gasteiger partial charge in [0.1, 0.15) is 13.2 Å². The zero-order valence-corrected chi connectivity index (χ0v) is 36.9. The fourth-order valence-corrected chi connectivity index (χ4v) is 6.55. The van der Waals surface area contributed by atoms with Crippen LogP contribution in [0.4, 0.5) is 0 Å². The van der Waals surface area contributed by atoms with Gasteiger partial charge in [-0.15, -0.1) is 0 Å². The van der Waals surface area contributed by atoms with E-state index in [4.69, 9.17) is 14.2 Å². The minimum atomic E-state index is -0.779. The van der Waals surface area contributed by atoms with Crippen molar-refractivity contribution in [3.8, 4) is 0 Å².